The number of anilines is 1. The summed E-state index contributed by atoms with van der Waals surface area (Å²) in [6.45, 7) is 14.8. The average molecular weight is 1570 g/mol. The molecule has 10 aromatic rings. The summed E-state index contributed by atoms with van der Waals surface area (Å²) in [7, 11) is 3.34. The topological polar surface area (TPSA) is 318 Å². The van der Waals surface area contributed by atoms with Crippen molar-refractivity contribution >= 4 is 129 Å². The summed E-state index contributed by atoms with van der Waals surface area (Å²) in [4.78, 5) is 48.0. The van der Waals surface area contributed by atoms with Crippen LogP contribution in [0.1, 0.15) is 118 Å². The fourth-order valence-corrected chi connectivity index (χ4v) is 29.3. The number of nitrogen functional groups attached to an aromatic ring is 1. The van der Waals surface area contributed by atoms with E-state index in [4.69, 9.17) is 49.2 Å². The Morgan fingerprint density at radius 3 is 1.53 bits per heavy atom. The van der Waals surface area contributed by atoms with Gasteiger partial charge in [-0.3, -0.25) is 9.97 Å². The van der Waals surface area contributed by atoms with Crippen LogP contribution in [-0.2, 0) is 17.8 Å². The fourth-order valence-electron chi connectivity index (χ4n) is 10.9. The molecular formula is C68H77I2N7O13Sn. The minimum atomic E-state index is -2.73. The summed E-state index contributed by atoms with van der Waals surface area (Å²) in [5.74, 6) is -2.05. The standard InChI is InChI=1S/C19H15N3O3.C12H11N2O.C7H4INO2.C7H5IO3.C7H7NO3.C4H8O.3C4H9.Sn/c1-3-22-16-9-12(24-2)5-6-13(16)14(10-20)18(22)11-4-7-15-17(8-11)25-19(23)21-15;1-3-14-8-9(7-13)11-5-4-10(15-2)6-12(11)14;8-4-1-2-5-6(3-4)11-7(10)9-5;2*8-4-1-2-5(7(10)11)6(9)3-4;1-2-4-5-3-1;3*1-3-4-2;/h4-9H,3H2,1-2H3,(H,21,23);4-6H,3H2,1-2H3;1-3H,(H,9,10);1-3,9H,(H,10,11);1-3,9H,8H2,(H,10,11);1-4H2;3*1,3-4H2,2H3;. The van der Waals surface area contributed by atoms with Gasteiger partial charge in [0.05, 0.1) is 34.9 Å². The van der Waals surface area contributed by atoms with Gasteiger partial charge < -0.3 is 49.0 Å². The van der Waals surface area contributed by atoms with Crippen molar-refractivity contribution in [1.29, 1.82) is 10.5 Å². The summed E-state index contributed by atoms with van der Waals surface area (Å²) in [6, 6.07) is 36.2. The second-order valence-electron chi connectivity index (χ2n) is 21.3. The minimum Gasteiger partial charge on any atom is -0.507 e. The van der Waals surface area contributed by atoms with Crippen molar-refractivity contribution in [2.24, 2.45) is 0 Å². The fraction of sp³-hybridized carbons (Fsp3) is 0.324. The normalized spacial score (nSPS) is 11.5. The molecule has 0 bridgehead atoms. The number of oxazole rings is 2. The van der Waals surface area contributed by atoms with Crippen LogP contribution in [0, 0.1) is 29.8 Å². The zero-order valence-electron chi connectivity index (χ0n) is 52.1. The van der Waals surface area contributed by atoms with E-state index in [1.165, 1.54) is 104 Å². The Kier molecular flexibility index (Phi) is 27.8. The molecule has 0 radical (unpaired) electrons. The SMILES string of the molecule is C1CCOC1.CCC[CH2][Sn]([CH2]CCC)([CH2]CCC)[c]1c(C#N)c2ccc(OC)cc2n1CC.CCn1c(-c2ccc3[nH]c(=O)oc3c2)c(C#N)c2ccc(OC)cc21.Nc1ccc(C(=O)O)c(O)c1.O=C(O)c1ccc(I)cc1O.O=c1[nH]c2ccc(I)cc2o1. The van der Waals surface area contributed by atoms with Gasteiger partial charge in [0.15, 0.2) is 11.2 Å². The molecule has 5 heterocycles. The second kappa shape index (κ2) is 35.0. The van der Waals surface area contributed by atoms with Gasteiger partial charge in [0.25, 0.3) is 0 Å². The number of phenols is 2. The number of benzene rings is 6. The number of aromatic nitrogens is 4. The van der Waals surface area contributed by atoms with Crippen LogP contribution in [-0.4, -0.2) is 97.3 Å². The number of aromatic carboxylic acids is 2. The molecule has 0 atom stereocenters. The molecule has 0 aliphatic carbocycles. The molecule has 1 saturated heterocycles. The van der Waals surface area contributed by atoms with Crippen LogP contribution < -0.4 is 30.4 Å². The van der Waals surface area contributed by atoms with Crippen LogP contribution in [0.25, 0.3) is 55.3 Å². The van der Waals surface area contributed by atoms with E-state index >= 15 is 0 Å². The number of aryl methyl sites for hydroxylation is 2. The first kappa shape index (κ1) is 72.1. The quantitative estimate of drug-likeness (QED) is 0.0253. The number of H-pyrrole nitrogens is 2. The molecule has 0 unspecified atom stereocenters. The van der Waals surface area contributed by atoms with Gasteiger partial charge >= 0.3 is 200 Å². The Bertz CT molecular complexity index is 4220. The molecule has 6 aromatic carbocycles. The molecule has 0 amide bonds. The number of carbonyl (C=O) groups is 2. The van der Waals surface area contributed by atoms with Crippen LogP contribution in [0.15, 0.2) is 128 Å². The van der Waals surface area contributed by atoms with Crippen LogP contribution in [0.4, 0.5) is 5.69 Å². The van der Waals surface area contributed by atoms with Crippen LogP contribution in [0.3, 0.4) is 0 Å². The third kappa shape index (κ3) is 18.6. The number of unbranched alkanes of at least 4 members (excludes halogenated alkanes) is 3. The predicted molar refractivity (Wildman–Crippen MR) is 375 cm³/mol. The number of carboxylic acids is 2. The van der Waals surface area contributed by atoms with Gasteiger partial charge in [-0.05, 0) is 138 Å². The first-order valence-corrected chi connectivity index (χ1v) is 39.6. The second-order valence-corrected chi connectivity index (χ2v) is 36.7. The third-order valence-electron chi connectivity index (χ3n) is 15.3. The van der Waals surface area contributed by atoms with Gasteiger partial charge in [0.2, 0.25) is 0 Å². The van der Waals surface area contributed by atoms with Crippen LogP contribution >= 0.6 is 45.2 Å². The number of methoxy groups -OCH3 is 2. The number of aromatic hydroxyl groups is 2. The van der Waals surface area contributed by atoms with E-state index in [2.05, 4.69) is 93.7 Å². The van der Waals surface area contributed by atoms with Gasteiger partial charge in [-0.1, -0.05) is 6.07 Å². The van der Waals surface area contributed by atoms with Crippen molar-refractivity contribution < 1.29 is 53.1 Å². The smallest absolute Gasteiger partial charge is 0.417 e. The number of fused-ring (bicyclic) bond motifs is 4. The molecule has 8 N–H and O–H groups in total. The number of aromatic amines is 2. The monoisotopic (exact) mass is 1570 g/mol. The number of ether oxygens (including phenoxy) is 3. The molecule has 0 spiro atoms. The van der Waals surface area contributed by atoms with Gasteiger partial charge in [-0.2, -0.15) is 5.26 Å². The molecule has 4 aromatic heterocycles. The first-order valence-electron chi connectivity index (χ1n) is 30.0. The van der Waals surface area contributed by atoms with Gasteiger partial charge in [-0.15, -0.1) is 0 Å². The van der Waals surface area contributed by atoms with Crippen molar-refractivity contribution in [1.82, 2.24) is 19.1 Å². The maximum Gasteiger partial charge on any atom is 0.417 e. The number of hydrogen-bond donors (Lipinski definition) is 7. The molecule has 23 heteroatoms. The van der Waals surface area contributed by atoms with E-state index in [9.17, 15) is 29.7 Å². The van der Waals surface area contributed by atoms with E-state index in [1.54, 1.807) is 32.4 Å². The predicted octanol–water partition coefficient (Wildman–Crippen LogP) is 15.1. The molecule has 20 nitrogen and oxygen atoms in total. The summed E-state index contributed by atoms with van der Waals surface area (Å²) in [6.07, 6.45) is 10.2. The Labute approximate surface area is 558 Å². The van der Waals surface area contributed by atoms with Gasteiger partial charge in [0, 0.05) is 55.7 Å². The van der Waals surface area contributed by atoms with E-state index in [0.29, 0.717) is 34.5 Å². The number of hydrogen-bond acceptors (Lipinski definition) is 14. The molecular weight excluding hydrogens is 1500 g/mol. The first-order chi connectivity index (χ1) is 43.7. The van der Waals surface area contributed by atoms with Crippen molar-refractivity contribution in [2.75, 3.05) is 33.2 Å². The zero-order valence-corrected chi connectivity index (χ0v) is 59.3. The third-order valence-corrected chi connectivity index (χ3v) is 32.2. The van der Waals surface area contributed by atoms with Crippen molar-refractivity contribution in [3.05, 3.63) is 160 Å². The number of halogens is 2. The average Bonchev–Trinajstić information content (AvgIpc) is 1.62. The van der Waals surface area contributed by atoms with E-state index in [-0.39, 0.29) is 22.6 Å². The Morgan fingerprint density at radius 2 is 1.08 bits per heavy atom. The molecule has 480 valence electrons. The number of rotatable bonds is 17. The maximum atomic E-state index is 11.4. The van der Waals surface area contributed by atoms with Crippen LogP contribution in [0.5, 0.6) is 23.0 Å². The molecule has 91 heavy (non-hydrogen) atoms. The number of nitriles is 2. The maximum absolute atomic E-state index is 11.4. The summed E-state index contributed by atoms with van der Waals surface area (Å²) >= 11 is 1.42. The van der Waals surface area contributed by atoms with E-state index < -0.39 is 41.8 Å². The van der Waals surface area contributed by atoms with Crippen molar-refractivity contribution in [3.63, 3.8) is 0 Å². The van der Waals surface area contributed by atoms with Gasteiger partial charge in [0.1, 0.15) is 34.4 Å². The number of carboxylic acid groups (broad SMARTS) is 2. The van der Waals surface area contributed by atoms with Crippen LogP contribution in [0.2, 0.25) is 13.3 Å². The Balaban J connectivity index is 0.000000188. The number of nitrogens with zero attached hydrogens (tertiary/aromatic N) is 4. The largest absolute Gasteiger partial charge is 0.507 e. The molecule has 1 aliphatic heterocycles. The zero-order chi connectivity index (χ0) is 66.4. The minimum absolute atomic E-state index is 0.0644. The number of nitrogens with one attached hydrogen (secondary N) is 2. The van der Waals surface area contributed by atoms with Crippen molar-refractivity contribution in [3.8, 4) is 46.4 Å². The Morgan fingerprint density at radius 1 is 0.615 bits per heavy atom. The summed E-state index contributed by atoms with van der Waals surface area (Å²) in [5, 5.41) is 57.0. The van der Waals surface area contributed by atoms with Crippen molar-refractivity contribution in [2.45, 2.75) is 112 Å². The molecule has 1 fully saturated rings. The van der Waals surface area contributed by atoms with Gasteiger partial charge in [-0.25, -0.2) is 19.2 Å². The summed E-state index contributed by atoms with van der Waals surface area (Å²) < 4.78 is 37.9. The Hall–Kier alpha value is -7.92. The van der Waals surface area contributed by atoms with E-state index in [1.807, 2.05) is 78.0 Å². The molecule has 0 saturated carbocycles. The molecule has 11 rings (SSSR count). The van der Waals surface area contributed by atoms with E-state index in [0.717, 1.165) is 77.0 Å². The summed E-state index contributed by atoms with van der Waals surface area (Å²) in [5.41, 5.74) is 13.2. The number of nitrogens with two attached hydrogens (primary N) is 1. The molecule has 1 aliphatic rings.